The van der Waals surface area contributed by atoms with Gasteiger partial charge in [-0.25, -0.2) is 19.0 Å². The first kappa shape index (κ1) is 17.7. The molecule has 4 rings (SSSR count). The van der Waals surface area contributed by atoms with Crippen LogP contribution in [0.25, 0.3) is 16.9 Å². The highest BCUT2D eigenvalue weighted by Crippen LogP contribution is 2.21. The molecule has 1 N–H and O–H groups in total. The van der Waals surface area contributed by atoms with Gasteiger partial charge in [0.15, 0.2) is 0 Å². The fraction of sp³-hybridized carbons (Fsp3) is 0.0952. The van der Waals surface area contributed by atoms with Crippen molar-refractivity contribution in [3.8, 4) is 22.7 Å². The van der Waals surface area contributed by atoms with Crippen molar-refractivity contribution in [2.45, 2.75) is 6.92 Å². The SMILES string of the molecule is COc1ccc(Nc2ncc(-n3ccc(-c4ccc(F)cc4)n3)c(C)n2)cc1. The van der Waals surface area contributed by atoms with E-state index >= 15 is 0 Å². The van der Waals surface area contributed by atoms with E-state index in [-0.39, 0.29) is 5.82 Å². The summed E-state index contributed by atoms with van der Waals surface area (Å²) in [5, 5.41) is 7.72. The van der Waals surface area contributed by atoms with Gasteiger partial charge in [-0.2, -0.15) is 5.10 Å². The molecule has 0 saturated heterocycles. The zero-order chi connectivity index (χ0) is 19.5. The van der Waals surface area contributed by atoms with E-state index in [2.05, 4.69) is 20.4 Å². The summed E-state index contributed by atoms with van der Waals surface area (Å²) >= 11 is 0. The average molecular weight is 375 g/mol. The molecule has 0 fully saturated rings. The second-order valence-corrected chi connectivity index (χ2v) is 6.17. The first-order valence-corrected chi connectivity index (χ1v) is 8.69. The molecule has 0 saturated carbocycles. The van der Waals surface area contributed by atoms with Crippen molar-refractivity contribution < 1.29 is 9.13 Å². The van der Waals surface area contributed by atoms with Gasteiger partial charge in [0.1, 0.15) is 17.3 Å². The Morgan fingerprint density at radius 2 is 1.75 bits per heavy atom. The highest BCUT2D eigenvalue weighted by atomic mass is 19.1. The number of hydrogen-bond acceptors (Lipinski definition) is 5. The van der Waals surface area contributed by atoms with Crippen LogP contribution >= 0.6 is 0 Å². The van der Waals surface area contributed by atoms with E-state index in [9.17, 15) is 4.39 Å². The van der Waals surface area contributed by atoms with Crippen LogP contribution in [0, 0.1) is 12.7 Å². The van der Waals surface area contributed by atoms with Gasteiger partial charge in [0, 0.05) is 17.4 Å². The number of aromatic nitrogens is 4. The third kappa shape index (κ3) is 3.68. The fourth-order valence-electron chi connectivity index (χ4n) is 2.78. The minimum Gasteiger partial charge on any atom is -0.497 e. The number of ether oxygens (including phenoxy) is 1. The van der Waals surface area contributed by atoms with E-state index in [1.54, 1.807) is 30.1 Å². The lowest BCUT2D eigenvalue weighted by Gasteiger charge is -2.09. The molecule has 2 aromatic heterocycles. The van der Waals surface area contributed by atoms with Gasteiger partial charge in [-0.3, -0.25) is 0 Å². The first-order valence-electron chi connectivity index (χ1n) is 8.69. The maximum absolute atomic E-state index is 13.1. The number of nitrogens with one attached hydrogen (secondary N) is 1. The molecule has 0 spiro atoms. The average Bonchev–Trinajstić information content (AvgIpc) is 3.19. The molecule has 7 heteroatoms. The van der Waals surface area contributed by atoms with Gasteiger partial charge >= 0.3 is 0 Å². The summed E-state index contributed by atoms with van der Waals surface area (Å²) in [6.07, 6.45) is 3.55. The molecule has 0 radical (unpaired) electrons. The van der Waals surface area contributed by atoms with Gasteiger partial charge in [-0.15, -0.1) is 0 Å². The predicted octanol–water partition coefficient (Wildman–Crippen LogP) is 4.53. The number of nitrogens with zero attached hydrogens (tertiary/aromatic N) is 4. The van der Waals surface area contributed by atoms with Crippen LogP contribution in [-0.2, 0) is 0 Å². The zero-order valence-corrected chi connectivity index (χ0v) is 15.4. The maximum atomic E-state index is 13.1. The van der Waals surface area contributed by atoms with Crippen LogP contribution in [0.3, 0.4) is 0 Å². The number of rotatable bonds is 5. The van der Waals surface area contributed by atoms with Crippen LogP contribution in [0.15, 0.2) is 67.0 Å². The number of benzene rings is 2. The van der Waals surface area contributed by atoms with Gasteiger partial charge in [0.25, 0.3) is 0 Å². The summed E-state index contributed by atoms with van der Waals surface area (Å²) in [6, 6.07) is 15.6. The summed E-state index contributed by atoms with van der Waals surface area (Å²) in [6.45, 7) is 1.90. The van der Waals surface area contributed by atoms with E-state index in [4.69, 9.17) is 4.74 Å². The molecule has 0 amide bonds. The highest BCUT2D eigenvalue weighted by Gasteiger charge is 2.09. The highest BCUT2D eigenvalue weighted by molar-refractivity contribution is 5.59. The minimum absolute atomic E-state index is 0.271. The van der Waals surface area contributed by atoms with E-state index in [0.717, 1.165) is 34.1 Å². The van der Waals surface area contributed by atoms with Gasteiger partial charge in [0.05, 0.1) is 24.7 Å². The summed E-state index contributed by atoms with van der Waals surface area (Å²) < 4.78 is 20.0. The lowest BCUT2D eigenvalue weighted by molar-refractivity contribution is 0.415. The summed E-state index contributed by atoms with van der Waals surface area (Å²) in [7, 11) is 1.63. The quantitative estimate of drug-likeness (QED) is 0.555. The van der Waals surface area contributed by atoms with Crippen molar-refractivity contribution in [1.82, 2.24) is 19.7 Å². The Bertz CT molecular complexity index is 1090. The second-order valence-electron chi connectivity index (χ2n) is 6.17. The Morgan fingerprint density at radius 1 is 1.00 bits per heavy atom. The van der Waals surface area contributed by atoms with Crippen LogP contribution in [0.4, 0.5) is 16.0 Å². The van der Waals surface area contributed by atoms with E-state index in [1.807, 2.05) is 43.5 Å². The molecule has 0 aliphatic carbocycles. The molecule has 6 nitrogen and oxygen atoms in total. The fourth-order valence-corrected chi connectivity index (χ4v) is 2.78. The van der Waals surface area contributed by atoms with Gasteiger partial charge < -0.3 is 10.1 Å². The molecule has 4 aromatic rings. The van der Waals surface area contributed by atoms with E-state index in [1.165, 1.54) is 12.1 Å². The molecular weight excluding hydrogens is 357 g/mol. The van der Waals surface area contributed by atoms with Crippen molar-refractivity contribution in [3.05, 3.63) is 78.5 Å². The number of halogens is 1. The molecule has 0 atom stereocenters. The van der Waals surface area contributed by atoms with Crippen molar-refractivity contribution in [2.75, 3.05) is 12.4 Å². The maximum Gasteiger partial charge on any atom is 0.227 e. The standard InChI is InChI=1S/C21H18FN5O/c1-14-20(27-12-11-19(26-27)15-3-5-16(22)6-4-15)13-23-21(24-14)25-17-7-9-18(28-2)10-8-17/h3-13H,1-2H3,(H,23,24,25). The lowest BCUT2D eigenvalue weighted by Crippen LogP contribution is -2.04. The summed E-state index contributed by atoms with van der Waals surface area (Å²) in [4.78, 5) is 8.90. The Balaban J connectivity index is 1.55. The Kier molecular flexibility index (Phi) is 4.72. The largest absolute Gasteiger partial charge is 0.497 e. The van der Waals surface area contributed by atoms with Crippen molar-refractivity contribution in [3.63, 3.8) is 0 Å². The molecule has 2 heterocycles. The van der Waals surface area contributed by atoms with Gasteiger partial charge in [-0.1, -0.05) is 0 Å². The van der Waals surface area contributed by atoms with Crippen molar-refractivity contribution in [1.29, 1.82) is 0 Å². The zero-order valence-electron chi connectivity index (χ0n) is 15.4. The molecular formula is C21H18FN5O. The van der Waals surface area contributed by atoms with Crippen molar-refractivity contribution in [2.24, 2.45) is 0 Å². The number of aryl methyl sites for hydroxylation is 1. The molecule has 0 aliphatic rings. The summed E-state index contributed by atoms with van der Waals surface area (Å²) in [5.41, 5.74) is 4.01. The van der Waals surface area contributed by atoms with Crippen LogP contribution in [0.1, 0.15) is 5.69 Å². The van der Waals surface area contributed by atoms with E-state index < -0.39 is 0 Å². The number of anilines is 2. The normalized spacial score (nSPS) is 10.7. The monoisotopic (exact) mass is 375 g/mol. The third-order valence-electron chi connectivity index (χ3n) is 4.28. The van der Waals surface area contributed by atoms with Gasteiger partial charge in [-0.05, 0) is 61.5 Å². The molecule has 28 heavy (non-hydrogen) atoms. The van der Waals surface area contributed by atoms with Gasteiger partial charge in [0.2, 0.25) is 5.95 Å². The Hall–Kier alpha value is -3.74. The predicted molar refractivity (Wildman–Crippen MR) is 106 cm³/mol. The van der Waals surface area contributed by atoms with Crippen LogP contribution in [0.2, 0.25) is 0 Å². The third-order valence-corrected chi connectivity index (χ3v) is 4.28. The van der Waals surface area contributed by atoms with E-state index in [0.29, 0.717) is 5.95 Å². The molecule has 140 valence electrons. The Labute approximate surface area is 161 Å². The van der Waals surface area contributed by atoms with Crippen LogP contribution < -0.4 is 10.1 Å². The van der Waals surface area contributed by atoms with Crippen LogP contribution in [-0.4, -0.2) is 26.9 Å². The smallest absolute Gasteiger partial charge is 0.227 e. The number of hydrogen-bond donors (Lipinski definition) is 1. The minimum atomic E-state index is -0.271. The number of methoxy groups -OCH3 is 1. The Morgan fingerprint density at radius 3 is 2.43 bits per heavy atom. The van der Waals surface area contributed by atoms with Crippen molar-refractivity contribution >= 4 is 11.6 Å². The molecule has 0 aliphatic heterocycles. The summed E-state index contributed by atoms with van der Waals surface area (Å²) in [5.74, 6) is 1.01. The first-order chi connectivity index (χ1) is 13.6. The molecule has 0 bridgehead atoms. The molecule has 2 aromatic carbocycles. The topological polar surface area (TPSA) is 64.9 Å². The lowest BCUT2D eigenvalue weighted by atomic mass is 10.1. The second kappa shape index (κ2) is 7.48. The molecule has 0 unspecified atom stereocenters. The van der Waals surface area contributed by atoms with Crippen LogP contribution in [0.5, 0.6) is 5.75 Å².